The number of thiophene rings is 1. The van der Waals surface area contributed by atoms with Crippen LogP contribution in [0.1, 0.15) is 78.4 Å². The maximum Gasteiger partial charge on any atom is 0.302 e. The first-order valence-corrected chi connectivity index (χ1v) is 13.8. The number of hydrogen-bond acceptors (Lipinski definition) is 5. The maximum atomic E-state index is 12.7. The molecule has 0 radical (unpaired) electrons. The van der Waals surface area contributed by atoms with Gasteiger partial charge in [0.05, 0.1) is 12.6 Å². The van der Waals surface area contributed by atoms with Crippen molar-refractivity contribution in [3.05, 3.63) is 100 Å². The van der Waals surface area contributed by atoms with Gasteiger partial charge in [0.1, 0.15) is 6.61 Å². The lowest BCUT2D eigenvalue weighted by Gasteiger charge is -2.40. The fourth-order valence-electron chi connectivity index (χ4n) is 4.71. The van der Waals surface area contributed by atoms with Crippen molar-refractivity contribution in [2.24, 2.45) is 5.92 Å². The summed E-state index contributed by atoms with van der Waals surface area (Å²) in [5, 5.41) is 8.88. The van der Waals surface area contributed by atoms with Crippen LogP contribution < -0.4 is 10.6 Å². The van der Waals surface area contributed by atoms with Crippen molar-refractivity contribution in [2.45, 2.75) is 58.5 Å². The number of carbonyl (C=O) groups excluding carboxylic acids is 2. The highest BCUT2D eigenvalue weighted by Gasteiger charge is 2.34. The molecule has 0 saturated carbocycles. The molecule has 3 unspecified atom stereocenters. The third-order valence-electron chi connectivity index (χ3n) is 6.64. The quantitative estimate of drug-likeness (QED) is 0.227. The number of ether oxygens (including phenoxy) is 1. The van der Waals surface area contributed by atoms with Gasteiger partial charge >= 0.3 is 5.97 Å². The van der Waals surface area contributed by atoms with Gasteiger partial charge < -0.3 is 15.4 Å². The number of anilines is 1. The Morgan fingerprint density at radius 3 is 2.54 bits per heavy atom. The summed E-state index contributed by atoms with van der Waals surface area (Å²) in [7, 11) is 0. The highest BCUT2D eigenvalue weighted by atomic mass is 32.1. The predicted molar refractivity (Wildman–Crippen MR) is 153 cm³/mol. The summed E-state index contributed by atoms with van der Waals surface area (Å²) in [6, 6.07) is 21.2. The monoisotopic (exact) mass is 518 g/mol. The molecule has 1 aliphatic heterocycles. The normalized spacial score (nSPS) is 17.9. The molecule has 3 aromatic rings. The molecule has 3 atom stereocenters. The molecule has 2 heterocycles. The molecule has 0 aliphatic carbocycles. The van der Waals surface area contributed by atoms with Crippen molar-refractivity contribution in [1.82, 2.24) is 5.32 Å². The van der Waals surface area contributed by atoms with E-state index < -0.39 is 0 Å². The fourth-order valence-corrected chi connectivity index (χ4v) is 5.36. The van der Waals surface area contributed by atoms with Crippen LogP contribution in [-0.4, -0.2) is 18.5 Å². The van der Waals surface area contributed by atoms with Gasteiger partial charge in [0.2, 0.25) is 0 Å². The number of carbonyl (C=O) groups is 2. The zero-order valence-corrected chi connectivity index (χ0v) is 22.9. The van der Waals surface area contributed by atoms with Crippen molar-refractivity contribution in [2.75, 3.05) is 11.9 Å². The van der Waals surface area contributed by atoms with E-state index in [4.69, 9.17) is 0 Å². The Hall–Kier alpha value is -3.38. The summed E-state index contributed by atoms with van der Waals surface area (Å²) in [4.78, 5) is 23.8. The van der Waals surface area contributed by atoms with Crippen molar-refractivity contribution >= 4 is 28.9 Å². The SMILES string of the molecule is C=CCOC(C)=O.CCCCC1C(C)c2cc(C(=O)NCc3cccs3)ccc2NC1c1ccccc1. The molecular weight excluding hydrogens is 480 g/mol. The minimum absolute atomic E-state index is 0.00584. The lowest BCUT2D eigenvalue weighted by molar-refractivity contribution is -0.139. The largest absolute Gasteiger partial charge is 0.462 e. The molecule has 0 bridgehead atoms. The molecule has 4 rings (SSSR count). The topological polar surface area (TPSA) is 67.4 Å². The van der Waals surface area contributed by atoms with Crippen LogP contribution in [0.4, 0.5) is 5.69 Å². The van der Waals surface area contributed by atoms with Crippen LogP contribution in [0.15, 0.2) is 78.7 Å². The average molecular weight is 519 g/mol. The molecule has 37 heavy (non-hydrogen) atoms. The standard InChI is InChI=1S/C26H30N2OS.C5H8O2/c1-3-4-12-22-18(2)23-16-20(26(29)27-17-21-11-8-15-30-21)13-14-24(23)28-25(22)19-9-6-5-7-10-19;1-3-4-7-5(2)6/h5-11,13-16,18,22,25,28H,3-4,12,17H2,1-2H3,(H,27,29);3H,1,4H2,2H3. The van der Waals surface area contributed by atoms with E-state index in [2.05, 4.69) is 78.3 Å². The van der Waals surface area contributed by atoms with E-state index in [0.717, 1.165) is 11.3 Å². The maximum absolute atomic E-state index is 12.7. The number of hydrogen-bond donors (Lipinski definition) is 2. The Balaban J connectivity index is 0.000000479. The summed E-state index contributed by atoms with van der Waals surface area (Å²) >= 11 is 1.66. The van der Waals surface area contributed by atoms with Crippen LogP contribution >= 0.6 is 11.3 Å². The minimum atomic E-state index is -0.264. The fraction of sp³-hybridized carbons (Fsp3) is 0.355. The second-order valence-electron chi connectivity index (χ2n) is 9.28. The minimum Gasteiger partial charge on any atom is -0.462 e. The number of amides is 1. The number of benzene rings is 2. The van der Waals surface area contributed by atoms with Crippen molar-refractivity contribution in [3.8, 4) is 0 Å². The van der Waals surface area contributed by atoms with Gasteiger partial charge in [-0.2, -0.15) is 0 Å². The van der Waals surface area contributed by atoms with Gasteiger partial charge in [-0.25, -0.2) is 0 Å². The van der Waals surface area contributed by atoms with E-state index in [0.29, 0.717) is 31.0 Å². The summed E-state index contributed by atoms with van der Waals surface area (Å²) in [6.07, 6.45) is 5.12. The highest BCUT2D eigenvalue weighted by Crippen LogP contribution is 2.46. The van der Waals surface area contributed by atoms with E-state index in [9.17, 15) is 9.59 Å². The summed E-state index contributed by atoms with van der Waals surface area (Å²) in [5.74, 6) is 0.626. The van der Waals surface area contributed by atoms with Crippen molar-refractivity contribution in [3.63, 3.8) is 0 Å². The highest BCUT2D eigenvalue weighted by molar-refractivity contribution is 7.09. The predicted octanol–water partition coefficient (Wildman–Crippen LogP) is 7.49. The van der Waals surface area contributed by atoms with Gasteiger partial charge in [0.15, 0.2) is 0 Å². The molecule has 196 valence electrons. The smallest absolute Gasteiger partial charge is 0.302 e. The van der Waals surface area contributed by atoms with Crippen LogP contribution in [0, 0.1) is 5.92 Å². The van der Waals surface area contributed by atoms with Gasteiger partial charge in [-0.1, -0.05) is 75.7 Å². The van der Waals surface area contributed by atoms with Crippen molar-refractivity contribution in [1.29, 1.82) is 0 Å². The third kappa shape index (κ3) is 8.05. The van der Waals surface area contributed by atoms with Crippen LogP contribution in [0.3, 0.4) is 0 Å². The van der Waals surface area contributed by atoms with E-state index in [1.165, 1.54) is 48.3 Å². The molecule has 2 aromatic carbocycles. The Morgan fingerprint density at radius 2 is 1.92 bits per heavy atom. The summed E-state index contributed by atoms with van der Waals surface area (Å²) < 4.78 is 4.43. The number of rotatable bonds is 9. The van der Waals surface area contributed by atoms with Gasteiger partial charge in [-0.05, 0) is 59.0 Å². The first kappa shape index (κ1) is 28.2. The lowest BCUT2D eigenvalue weighted by Crippen LogP contribution is -2.31. The number of fused-ring (bicyclic) bond motifs is 1. The molecule has 6 heteroatoms. The number of esters is 1. The number of nitrogens with one attached hydrogen (secondary N) is 2. The zero-order chi connectivity index (χ0) is 26.6. The van der Waals surface area contributed by atoms with Crippen LogP contribution in [0.5, 0.6) is 0 Å². The first-order valence-electron chi connectivity index (χ1n) is 12.9. The molecule has 2 N–H and O–H groups in total. The second kappa shape index (κ2) is 14.4. The Kier molecular flexibility index (Phi) is 11.0. The van der Waals surface area contributed by atoms with Crippen LogP contribution in [0.2, 0.25) is 0 Å². The Morgan fingerprint density at radius 1 is 1.14 bits per heavy atom. The Labute approximate surface area is 225 Å². The lowest BCUT2D eigenvalue weighted by atomic mass is 9.73. The van der Waals surface area contributed by atoms with Crippen LogP contribution in [0.25, 0.3) is 0 Å². The van der Waals surface area contributed by atoms with Crippen LogP contribution in [-0.2, 0) is 16.1 Å². The molecule has 0 fully saturated rings. The number of unbranched alkanes of at least 4 members (excludes halogenated alkanes) is 1. The molecule has 1 aromatic heterocycles. The van der Waals surface area contributed by atoms with Gasteiger partial charge in [-0.3, -0.25) is 9.59 Å². The molecule has 5 nitrogen and oxygen atoms in total. The zero-order valence-electron chi connectivity index (χ0n) is 22.0. The average Bonchev–Trinajstić information content (AvgIpc) is 3.44. The van der Waals surface area contributed by atoms with E-state index >= 15 is 0 Å². The molecule has 0 saturated heterocycles. The van der Waals surface area contributed by atoms with E-state index in [-0.39, 0.29) is 11.9 Å². The van der Waals surface area contributed by atoms with Gasteiger partial charge in [0.25, 0.3) is 5.91 Å². The first-order chi connectivity index (χ1) is 17.9. The molecule has 1 aliphatic rings. The van der Waals surface area contributed by atoms with Crippen molar-refractivity contribution < 1.29 is 14.3 Å². The third-order valence-corrected chi connectivity index (χ3v) is 7.52. The van der Waals surface area contributed by atoms with Gasteiger partial charge in [0, 0.05) is 23.1 Å². The molecule has 0 spiro atoms. The molecular formula is C31H38N2O3S. The van der Waals surface area contributed by atoms with Gasteiger partial charge in [-0.15, -0.1) is 11.3 Å². The van der Waals surface area contributed by atoms with E-state index in [1.807, 2.05) is 23.6 Å². The summed E-state index contributed by atoms with van der Waals surface area (Å²) in [5.41, 5.74) is 4.49. The molecule has 1 amide bonds. The summed E-state index contributed by atoms with van der Waals surface area (Å²) in [6.45, 7) is 10.2. The van der Waals surface area contributed by atoms with E-state index in [1.54, 1.807) is 11.3 Å². The second-order valence-corrected chi connectivity index (χ2v) is 10.3. The Bertz CT molecular complexity index is 1140.